The lowest BCUT2D eigenvalue weighted by Gasteiger charge is -2.37. The number of fused-ring (bicyclic) bond motifs is 1. The van der Waals surface area contributed by atoms with E-state index in [0.29, 0.717) is 21.6 Å². The summed E-state index contributed by atoms with van der Waals surface area (Å²) in [4.78, 5) is 16.0. The first-order valence-electron chi connectivity index (χ1n) is 12.0. The number of carbonyl (C=O) groups is 1. The molecule has 0 saturated carbocycles. The molecule has 3 aromatic carbocycles. The van der Waals surface area contributed by atoms with Crippen LogP contribution in [0.25, 0.3) is 10.1 Å². The highest BCUT2D eigenvalue weighted by molar-refractivity contribution is 7.21. The molecule has 0 bridgehead atoms. The van der Waals surface area contributed by atoms with Crippen LogP contribution in [0.5, 0.6) is 17.2 Å². The maximum atomic E-state index is 13.7. The summed E-state index contributed by atoms with van der Waals surface area (Å²) >= 11 is 1.09. The summed E-state index contributed by atoms with van der Waals surface area (Å²) in [5.74, 6) is 1.36. The third-order valence-electron chi connectivity index (χ3n) is 6.53. The molecule has 0 unspecified atom stereocenters. The molecule has 4 nitrogen and oxygen atoms in total. The molecule has 0 amide bonds. The van der Waals surface area contributed by atoms with Crippen molar-refractivity contribution < 1.29 is 27.4 Å². The molecule has 1 aliphatic rings. The highest BCUT2D eigenvalue weighted by Crippen LogP contribution is 2.44. The van der Waals surface area contributed by atoms with Crippen LogP contribution in [0.3, 0.4) is 0 Å². The van der Waals surface area contributed by atoms with Gasteiger partial charge in [-0.25, -0.2) is 0 Å². The van der Waals surface area contributed by atoms with E-state index in [2.05, 4.69) is 11.8 Å². The summed E-state index contributed by atoms with van der Waals surface area (Å²) in [5.41, 5.74) is -0.210. The number of likely N-dealkylation sites (tertiary alicyclic amines) is 1. The van der Waals surface area contributed by atoms with E-state index >= 15 is 0 Å². The SMILES string of the molecule is COc1ccc2c(Oc3ccc(CCN4CC(C)C4)cc3)c(C(=O)c3ccccc3C(F)(F)F)sc2c1. The van der Waals surface area contributed by atoms with Crippen molar-refractivity contribution in [2.24, 2.45) is 5.92 Å². The maximum absolute atomic E-state index is 13.7. The van der Waals surface area contributed by atoms with Gasteiger partial charge in [-0.2, -0.15) is 13.2 Å². The molecule has 0 aliphatic carbocycles. The lowest BCUT2D eigenvalue weighted by atomic mass is 10.0. The number of thiophene rings is 1. The highest BCUT2D eigenvalue weighted by atomic mass is 32.1. The van der Waals surface area contributed by atoms with Crippen molar-refractivity contribution in [2.45, 2.75) is 19.5 Å². The minimum Gasteiger partial charge on any atom is -0.497 e. The topological polar surface area (TPSA) is 38.8 Å². The van der Waals surface area contributed by atoms with Gasteiger partial charge in [-0.15, -0.1) is 11.3 Å². The Labute approximate surface area is 217 Å². The van der Waals surface area contributed by atoms with E-state index in [1.54, 1.807) is 18.2 Å². The molecule has 5 rings (SSSR count). The van der Waals surface area contributed by atoms with Gasteiger partial charge in [-0.3, -0.25) is 4.79 Å². The van der Waals surface area contributed by atoms with E-state index in [9.17, 15) is 18.0 Å². The van der Waals surface area contributed by atoms with Gasteiger partial charge in [0.05, 0.1) is 12.7 Å². The Hall–Kier alpha value is -3.36. The predicted molar refractivity (Wildman–Crippen MR) is 139 cm³/mol. The van der Waals surface area contributed by atoms with Crippen LogP contribution in [-0.4, -0.2) is 37.4 Å². The summed E-state index contributed by atoms with van der Waals surface area (Å²) in [5, 5.41) is 0.634. The van der Waals surface area contributed by atoms with Crippen LogP contribution in [-0.2, 0) is 12.6 Å². The Kier molecular flexibility index (Phi) is 6.96. The minimum absolute atomic E-state index is 0.107. The number of methoxy groups -OCH3 is 1. The van der Waals surface area contributed by atoms with Gasteiger partial charge in [0, 0.05) is 35.3 Å². The third kappa shape index (κ3) is 5.36. The summed E-state index contributed by atoms with van der Waals surface area (Å²) in [7, 11) is 1.53. The Morgan fingerprint density at radius 2 is 1.73 bits per heavy atom. The molecule has 1 aliphatic heterocycles. The van der Waals surface area contributed by atoms with Gasteiger partial charge >= 0.3 is 6.18 Å². The number of hydrogen-bond acceptors (Lipinski definition) is 5. The van der Waals surface area contributed by atoms with Crippen molar-refractivity contribution in [2.75, 3.05) is 26.7 Å². The average Bonchev–Trinajstić information content (AvgIpc) is 3.23. The van der Waals surface area contributed by atoms with E-state index in [1.165, 1.54) is 30.9 Å². The van der Waals surface area contributed by atoms with E-state index in [0.717, 1.165) is 49.4 Å². The number of ether oxygens (including phenoxy) is 2. The smallest absolute Gasteiger partial charge is 0.417 e. The molecule has 0 N–H and O–H groups in total. The minimum atomic E-state index is -4.66. The van der Waals surface area contributed by atoms with Crippen LogP contribution in [0.1, 0.15) is 33.3 Å². The van der Waals surface area contributed by atoms with Crippen molar-refractivity contribution in [3.8, 4) is 17.2 Å². The van der Waals surface area contributed by atoms with Crippen LogP contribution in [0.4, 0.5) is 13.2 Å². The fourth-order valence-electron chi connectivity index (χ4n) is 4.62. The number of alkyl halides is 3. The van der Waals surface area contributed by atoms with Crippen LogP contribution < -0.4 is 9.47 Å². The molecule has 1 fully saturated rings. The number of ketones is 1. The second-order valence-electron chi connectivity index (χ2n) is 9.36. The Balaban J connectivity index is 1.47. The normalized spacial score (nSPS) is 14.5. The first kappa shape index (κ1) is 25.3. The van der Waals surface area contributed by atoms with Crippen LogP contribution in [0.2, 0.25) is 0 Å². The zero-order valence-electron chi connectivity index (χ0n) is 20.5. The Morgan fingerprint density at radius 3 is 2.41 bits per heavy atom. The van der Waals surface area contributed by atoms with Crippen LogP contribution in [0.15, 0.2) is 66.7 Å². The first-order valence-corrected chi connectivity index (χ1v) is 12.8. The van der Waals surface area contributed by atoms with E-state index < -0.39 is 23.1 Å². The quantitative estimate of drug-likeness (QED) is 0.224. The van der Waals surface area contributed by atoms with E-state index in [1.807, 2.05) is 24.3 Å². The van der Waals surface area contributed by atoms with E-state index in [4.69, 9.17) is 9.47 Å². The van der Waals surface area contributed by atoms with Crippen LogP contribution in [0, 0.1) is 5.92 Å². The Bertz CT molecular complexity index is 1420. The molecule has 4 aromatic rings. The van der Waals surface area contributed by atoms with Crippen molar-refractivity contribution >= 4 is 27.2 Å². The van der Waals surface area contributed by atoms with Crippen LogP contribution >= 0.6 is 11.3 Å². The number of halogens is 3. The Morgan fingerprint density at radius 1 is 1.03 bits per heavy atom. The molecule has 192 valence electrons. The molecule has 2 heterocycles. The number of hydrogen-bond donors (Lipinski definition) is 0. The second-order valence-corrected chi connectivity index (χ2v) is 10.4. The zero-order chi connectivity index (χ0) is 26.2. The molecule has 0 atom stereocenters. The van der Waals surface area contributed by atoms with Gasteiger partial charge in [0.25, 0.3) is 0 Å². The zero-order valence-corrected chi connectivity index (χ0v) is 21.3. The van der Waals surface area contributed by atoms with Gasteiger partial charge in [0.1, 0.15) is 16.4 Å². The van der Waals surface area contributed by atoms with Crippen molar-refractivity contribution in [1.29, 1.82) is 0 Å². The fourth-order valence-corrected chi connectivity index (χ4v) is 5.73. The van der Waals surface area contributed by atoms with Crippen molar-refractivity contribution in [3.05, 3.63) is 88.3 Å². The number of nitrogens with zero attached hydrogens (tertiary/aromatic N) is 1. The monoisotopic (exact) mass is 525 g/mol. The first-order chi connectivity index (χ1) is 17.7. The summed E-state index contributed by atoms with van der Waals surface area (Å²) in [6.07, 6.45) is -3.73. The molecule has 0 radical (unpaired) electrons. The molecule has 1 saturated heterocycles. The molecule has 37 heavy (non-hydrogen) atoms. The number of carbonyl (C=O) groups excluding carboxylic acids is 1. The van der Waals surface area contributed by atoms with Gasteiger partial charge in [0.2, 0.25) is 5.78 Å². The molecule has 0 spiro atoms. The maximum Gasteiger partial charge on any atom is 0.417 e. The molecular weight excluding hydrogens is 499 g/mol. The average molecular weight is 526 g/mol. The lowest BCUT2D eigenvalue weighted by molar-refractivity contribution is -0.137. The second kappa shape index (κ2) is 10.2. The third-order valence-corrected chi connectivity index (χ3v) is 7.67. The fraction of sp³-hybridized carbons (Fsp3) is 0.276. The molecule has 1 aromatic heterocycles. The lowest BCUT2D eigenvalue weighted by Crippen LogP contribution is -2.45. The van der Waals surface area contributed by atoms with Crippen molar-refractivity contribution in [1.82, 2.24) is 4.90 Å². The van der Waals surface area contributed by atoms with Gasteiger partial charge in [-0.05, 0) is 54.3 Å². The van der Waals surface area contributed by atoms with Gasteiger partial charge < -0.3 is 14.4 Å². The van der Waals surface area contributed by atoms with Gasteiger partial charge in [-0.1, -0.05) is 37.3 Å². The standard InChI is InChI=1S/C29H26F3NO3S/c1-18-16-33(17-18)14-13-19-7-9-20(10-8-19)36-27-23-12-11-21(35-2)15-25(23)37-28(27)26(34)22-5-3-4-6-24(22)29(30,31)32/h3-12,15,18H,13-14,16-17H2,1-2H3. The largest absolute Gasteiger partial charge is 0.497 e. The highest BCUT2D eigenvalue weighted by Gasteiger charge is 2.36. The summed E-state index contributed by atoms with van der Waals surface area (Å²) in [6, 6.07) is 17.7. The molecule has 8 heteroatoms. The summed E-state index contributed by atoms with van der Waals surface area (Å²) < 4.78 is 53.2. The number of rotatable bonds is 8. The number of benzene rings is 3. The van der Waals surface area contributed by atoms with Crippen molar-refractivity contribution in [3.63, 3.8) is 0 Å². The predicted octanol–water partition coefficient (Wildman–Crippen LogP) is 7.45. The van der Waals surface area contributed by atoms with E-state index in [-0.39, 0.29) is 10.6 Å². The molecular formula is C29H26F3NO3S. The van der Waals surface area contributed by atoms with Gasteiger partial charge in [0.15, 0.2) is 5.75 Å². The summed E-state index contributed by atoms with van der Waals surface area (Å²) in [6.45, 7) is 5.50.